The number of likely N-dealkylation sites (tertiary alicyclic amines) is 1. The van der Waals surface area contributed by atoms with Gasteiger partial charge in [-0.3, -0.25) is 9.78 Å². The van der Waals surface area contributed by atoms with E-state index in [-0.39, 0.29) is 23.7 Å². The van der Waals surface area contributed by atoms with Gasteiger partial charge in [-0.25, -0.2) is 0 Å². The van der Waals surface area contributed by atoms with Crippen LogP contribution in [0.3, 0.4) is 0 Å². The average molecular weight is 451 g/mol. The highest BCUT2D eigenvalue weighted by molar-refractivity contribution is 5.95. The first-order valence-electron chi connectivity index (χ1n) is 11.0. The van der Waals surface area contributed by atoms with Crippen LogP contribution in [0.2, 0.25) is 0 Å². The van der Waals surface area contributed by atoms with Crippen molar-refractivity contribution in [1.82, 2.24) is 9.88 Å². The summed E-state index contributed by atoms with van der Waals surface area (Å²) in [6.45, 7) is 3.26. The standard InChI is InChI=1S/C23H29F3N4O2/c1-14-13-30(18-9-8-17(23(24,25)26)20-16(18)7-5-10-28-20)19(21(32-14)22(27)31)12-15-6-3-4-11-29(15)2/h5,7-10,14-15,19,21H,3-4,6,11-13H2,1-2H3,(H2,27,31)/t14-,15?,19?,21-/m1/s1. The molecule has 174 valence electrons. The smallest absolute Gasteiger partial charge is 0.367 e. The molecule has 2 aliphatic rings. The van der Waals surface area contributed by atoms with Gasteiger partial charge < -0.3 is 20.3 Å². The van der Waals surface area contributed by atoms with Crippen molar-refractivity contribution in [3.05, 3.63) is 36.0 Å². The lowest BCUT2D eigenvalue weighted by Gasteiger charge is -2.47. The first-order valence-corrected chi connectivity index (χ1v) is 11.0. The van der Waals surface area contributed by atoms with Crippen molar-refractivity contribution in [1.29, 1.82) is 0 Å². The summed E-state index contributed by atoms with van der Waals surface area (Å²) in [4.78, 5) is 20.7. The van der Waals surface area contributed by atoms with Gasteiger partial charge in [-0.15, -0.1) is 0 Å². The number of alkyl halides is 3. The Bertz CT molecular complexity index is 983. The highest BCUT2D eigenvalue weighted by Gasteiger charge is 2.42. The number of halogens is 3. The zero-order valence-corrected chi connectivity index (χ0v) is 18.3. The number of carbonyl (C=O) groups is 1. The SMILES string of the molecule is C[C@@H]1CN(c2ccc(C(F)(F)F)c3ncccc23)C(CC2CCCCN2C)[C@H](C(N)=O)O1. The number of benzene rings is 1. The lowest BCUT2D eigenvalue weighted by atomic mass is 9.90. The van der Waals surface area contributed by atoms with Gasteiger partial charge in [-0.1, -0.05) is 6.42 Å². The first kappa shape index (κ1) is 22.8. The lowest BCUT2D eigenvalue weighted by Crippen LogP contribution is -2.60. The highest BCUT2D eigenvalue weighted by Crippen LogP contribution is 2.40. The van der Waals surface area contributed by atoms with Gasteiger partial charge in [-0.05, 0) is 64.0 Å². The number of rotatable bonds is 4. The third-order valence-corrected chi connectivity index (χ3v) is 6.66. The number of piperidine rings is 1. The Morgan fingerprint density at radius 3 is 2.75 bits per heavy atom. The van der Waals surface area contributed by atoms with E-state index in [1.165, 1.54) is 12.3 Å². The minimum Gasteiger partial charge on any atom is -0.367 e. The molecule has 9 heteroatoms. The molecule has 0 radical (unpaired) electrons. The first-order chi connectivity index (χ1) is 15.2. The van der Waals surface area contributed by atoms with Crippen LogP contribution >= 0.6 is 0 Å². The monoisotopic (exact) mass is 450 g/mol. The molecule has 2 N–H and O–H groups in total. The summed E-state index contributed by atoms with van der Waals surface area (Å²) in [7, 11) is 2.07. The van der Waals surface area contributed by atoms with Crippen LogP contribution in [0.25, 0.3) is 10.9 Å². The Kier molecular flexibility index (Phi) is 6.31. The number of anilines is 1. The minimum absolute atomic E-state index is 0.0965. The Hall–Kier alpha value is -2.39. The molecule has 2 aromatic rings. The van der Waals surface area contributed by atoms with Gasteiger partial charge in [0.1, 0.15) is 0 Å². The molecule has 1 aromatic heterocycles. The third-order valence-electron chi connectivity index (χ3n) is 6.66. The van der Waals surface area contributed by atoms with Crippen molar-refractivity contribution in [2.24, 2.45) is 5.73 Å². The van der Waals surface area contributed by atoms with E-state index in [4.69, 9.17) is 10.5 Å². The Morgan fingerprint density at radius 1 is 1.28 bits per heavy atom. The van der Waals surface area contributed by atoms with Crippen molar-refractivity contribution < 1.29 is 22.7 Å². The maximum absolute atomic E-state index is 13.6. The summed E-state index contributed by atoms with van der Waals surface area (Å²) >= 11 is 0. The Labute approximate surface area is 185 Å². The molecule has 3 heterocycles. The zero-order valence-electron chi connectivity index (χ0n) is 18.3. The lowest BCUT2D eigenvalue weighted by molar-refractivity contribution is -0.138. The molecule has 2 fully saturated rings. The van der Waals surface area contributed by atoms with Gasteiger partial charge in [0.25, 0.3) is 0 Å². The van der Waals surface area contributed by atoms with Crippen LogP contribution in [0, 0.1) is 0 Å². The quantitative estimate of drug-likeness (QED) is 0.771. The largest absolute Gasteiger partial charge is 0.418 e. The molecule has 4 atom stereocenters. The number of aromatic nitrogens is 1. The second-order valence-corrected chi connectivity index (χ2v) is 8.88. The van der Waals surface area contributed by atoms with E-state index in [1.54, 1.807) is 12.1 Å². The maximum Gasteiger partial charge on any atom is 0.418 e. The number of carbonyl (C=O) groups excluding carboxylic acids is 1. The number of ether oxygens (including phenoxy) is 1. The average Bonchev–Trinajstić information content (AvgIpc) is 2.74. The van der Waals surface area contributed by atoms with E-state index >= 15 is 0 Å². The number of fused-ring (bicyclic) bond motifs is 1. The van der Waals surface area contributed by atoms with Gasteiger partial charge in [0.05, 0.1) is 23.2 Å². The molecule has 0 aliphatic carbocycles. The molecule has 1 amide bonds. The summed E-state index contributed by atoms with van der Waals surface area (Å²) in [5, 5.41) is 0.404. The molecule has 4 rings (SSSR count). The van der Waals surface area contributed by atoms with Crippen molar-refractivity contribution in [3.8, 4) is 0 Å². The van der Waals surface area contributed by atoms with Gasteiger partial charge in [0.2, 0.25) is 5.91 Å². The highest BCUT2D eigenvalue weighted by atomic mass is 19.4. The van der Waals surface area contributed by atoms with E-state index in [9.17, 15) is 18.0 Å². The molecule has 1 aromatic carbocycles. The summed E-state index contributed by atoms with van der Waals surface area (Å²) in [5.41, 5.74) is 5.48. The number of morpholine rings is 1. The van der Waals surface area contributed by atoms with Crippen LogP contribution in [-0.4, -0.2) is 60.2 Å². The van der Waals surface area contributed by atoms with Crippen molar-refractivity contribution in [3.63, 3.8) is 0 Å². The fourth-order valence-electron chi connectivity index (χ4n) is 5.10. The summed E-state index contributed by atoms with van der Waals surface area (Å²) in [6.07, 6.45) is -0.425. The number of primary amides is 1. The second-order valence-electron chi connectivity index (χ2n) is 8.88. The van der Waals surface area contributed by atoms with Crippen molar-refractivity contribution >= 4 is 22.5 Å². The van der Waals surface area contributed by atoms with E-state index in [1.807, 2.05) is 11.8 Å². The Balaban J connectivity index is 1.80. The topological polar surface area (TPSA) is 71.7 Å². The fraction of sp³-hybridized carbons (Fsp3) is 0.565. The molecule has 0 saturated carbocycles. The number of hydrogen-bond acceptors (Lipinski definition) is 5. The number of hydrogen-bond donors (Lipinski definition) is 1. The van der Waals surface area contributed by atoms with Gasteiger partial charge >= 0.3 is 6.18 Å². The number of nitrogens with zero attached hydrogens (tertiary/aromatic N) is 3. The van der Waals surface area contributed by atoms with E-state index in [0.717, 1.165) is 31.9 Å². The number of pyridine rings is 1. The molecule has 0 bridgehead atoms. The van der Waals surface area contributed by atoms with Gasteiger partial charge in [0.15, 0.2) is 6.10 Å². The molecule has 2 aliphatic heterocycles. The minimum atomic E-state index is -4.51. The van der Waals surface area contributed by atoms with Crippen LogP contribution in [0.1, 0.15) is 38.2 Å². The van der Waals surface area contributed by atoms with Gasteiger partial charge in [-0.2, -0.15) is 13.2 Å². The normalized spacial score (nSPS) is 27.6. The summed E-state index contributed by atoms with van der Waals surface area (Å²) in [6, 6.07) is 5.71. The van der Waals surface area contributed by atoms with Crippen LogP contribution in [0.4, 0.5) is 18.9 Å². The van der Waals surface area contributed by atoms with Crippen molar-refractivity contribution in [2.45, 2.75) is 63.1 Å². The molecule has 2 saturated heterocycles. The molecular formula is C23H29F3N4O2. The fourth-order valence-corrected chi connectivity index (χ4v) is 5.10. The molecule has 32 heavy (non-hydrogen) atoms. The van der Waals surface area contributed by atoms with Crippen LogP contribution < -0.4 is 10.6 Å². The van der Waals surface area contributed by atoms with Crippen molar-refractivity contribution in [2.75, 3.05) is 25.0 Å². The predicted octanol–water partition coefficient (Wildman–Crippen LogP) is 3.58. The Morgan fingerprint density at radius 2 is 2.06 bits per heavy atom. The van der Waals surface area contributed by atoms with E-state index in [0.29, 0.717) is 24.0 Å². The molecule has 0 spiro atoms. The second kappa shape index (κ2) is 8.86. The summed E-state index contributed by atoms with van der Waals surface area (Å²) < 4.78 is 46.8. The van der Waals surface area contributed by atoms with Crippen LogP contribution in [0.5, 0.6) is 0 Å². The predicted molar refractivity (Wildman–Crippen MR) is 116 cm³/mol. The maximum atomic E-state index is 13.6. The third kappa shape index (κ3) is 4.41. The van der Waals surface area contributed by atoms with Crippen LogP contribution in [-0.2, 0) is 15.7 Å². The molecular weight excluding hydrogens is 421 g/mol. The van der Waals surface area contributed by atoms with Gasteiger partial charge in [0, 0.05) is 29.9 Å². The zero-order chi connectivity index (χ0) is 23.0. The van der Waals surface area contributed by atoms with Crippen LogP contribution in [0.15, 0.2) is 30.5 Å². The molecule has 2 unspecified atom stereocenters. The molecule has 6 nitrogen and oxygen atoms in total. The summed E-state index contributed by atoms with van der Waals surface area (Å²) in [5.74, 6) is -0.556. The van der Waals surface area contributed by atoms with E-state index in [2.05, 4.69) is 16.9 Å². The van der Waals surface area contributed by atoms with E-state index < -0.39 is 23.8 Å². The number of amides is 1. The number of nitrogens with two attached hydrogens (primary N) is 1.